The van der Waals surface area contributed by atoms with E-state index < -0.39 is 17.3 Å². The quantitative estimate of drug-likeness (QED) is 0.771. The molecular formula is C9H11N3O3S. The minimum atomic E-state index is -1.25. The molecule has 0 aliphatic heterocycles. The summed E-state index contributed by atoms with van der Waals surface area (Å²) in [6.45, 7) is 1.77. The van der Waals surface area contributed by atoms with Gasteiger partial charge in [-0.2, -0.15) is 0 Å². The highest BCUT2D eigenvalue weighted by atomic mass is 32.1. The number of carbonyl (C=O) groups is 2. The number of carboxylic acid groups (broad SMARTS) is 1. The second-order valence-electron chi connectivity index (χ2n) is 3.82. The number of carbonyl (C=O) groups excluding carboxylic acids is 1. The Balaban J connectivity index is 2.10. The van der Waals surface area contributed by atoms with E-state index in [9.17, 15) is 9.59 Å². The van der Waals surface area contributed by atoms with E-state index in [2.05, 4.69) is 15.5 Å². The molecule has 0 spiro atoms. The maximum Gasteiger partial charge on any atom is 0.319 e. The molecule has 1 aromatic heterocycles. The van der Waals surface area contributed by atoms with Crippen LogP contribution in [0.25, 0.3) is 0 Å². The van der Waals surface area contributed by atoms with Crippen molar-refractivity contribution in [3.63, 3.8) is 0 Å². The lowest BCUT2D eigenvalue weighted by molar-refractivity contribution is -0.159. The number of nitrogens with one attached hydrogen (secondary N) is 1. The van der Waals surface area contributed by atoms with Crippen molar-refractivity contribution < 1.29 is 14.7 Å². The van der Waals surface area contributed by atoms with E-state index in [1.54, 1.807) is 6.92 Å². The molecule has 2 rings (SSSR count). The predicted molar refractivity (Wildman–Crippen MR) is 57.2 cm³/mol. The van der Waals surface area contributed by atoms with Crippen LogP contribution in [0.15, 0.2) is 0 Å². The largest absolute Gasteiger partial charge is 0.480 e. The molecule has 1 aromatic rings. The van der Waals surface area contributed by atoms with E-state index in [4.69, 9.17) is 5.11 Å². The lowest BCUT2D eigenvalue weighted by Crippen LogP contribution is -2.48. The van der Waals surface area contributed by atoms with Crippen LogP contribution in [0.1, 0.15) is 24.3 Å². The van der Waals surface area contributed by atoms with Crippen LogP contribution in [0.2, 0.25) is 0 Å². The first kappa shape index (κ1) is 11.0. The average molecular weight is 241 g/mol. The zero-order chi connectivity index (χ0) is 11.8. The van der Waals surface area contributed by atoms with Crippen molar-refractivity contribution in [1.82, 2.24) is 10.2 Å². The van der Waals surface area contributed by atoms with Gasteiger partial charge in [0.2, 0.25) is 11.0 Å². The van der Waals surface area contributed by atoms with Crippen LogP contribution in [0.5, 0.6) is 0 Å². The standard InChI is InChI=1S/C9H11N3O3S/c1-5-11-12-8(16-5)10-6(13)9(7(14)15)3-2-4-9/h2-4H2,1H3,(H,14,15)(H,10,12,13). The van der Waals surface area contributed by atoms with Gasteiger partial charge in [0.1, 0.15) is 10.4 Å². The number of hydrogen-bond acceptors (Lipinski definition) is 5. The van der Waals surface area contributed by atoms with Gasteiger partial charge >= 0.3 is 5.97 Å². The maximum absolute atomic E-state index is 11.8. The summed E-state index contributed by atoms with van der Waals surface area (Å²) in [5.41, 5.74) is -1.25. The number of carboxylic acids is 1. The number of aryl methyl sites for hydroxylation is 1. The predicted octanol–water partition coefficient (Wildman–Crippen LogP) is 1.04. The zero-order valence-electron chi connectivity index (χ0n) is 8.69. The van der Waals surface area contributed by atoms with Gasteiger partial charge in [-0.3, -0.25) is 14.9 Å². The summed E-state index contributed by atoms with van der Waals surface area (Å²) in [5.74, 6) is -1.54. The fourth-order valence-electron chi connectivity index (χ4n) is 1.63. The number of nitrogens with zero attached hydrogens (tertiary/aromatic N) is 2. The van der Waals surface area contributed by atoms with E-state index >= 15 is 0 Å². The summed E-state index contributed by atoms with van der Waals surface area (Å²) in [6, 6.07) is 0. The zero-order valence-corrected chi connectivity index (χ0v) is 9.50. The number of aliphatic carboxylic acids is 1. The van der Waals surface area contributed by atoms with E-state index in [0.717, 1.165) is 11.4 Å². The van der Waals surface area contributed by atoms with Gasteiger partial charge < -0.3 is 5.11 Å². The highest BCUT2D eigenvalue weighted by Gasteiger charge is 2.51. The van der Waals surface area contributed by atoms with Gasteiger partial charge in [-0.25, -0.2) is 0 Å². The van der Waals surface area contributed by atoms with Gasteiger partial charge in [-0.1, -0.05) is 17.8 Å². The van der Waals surface area contributed by atoms with Gasteiger partial charge in [0, 0.05) is 0 Å². The van der Waals surface area contributed by atoms with Crippen molar-refractivity contribution in [2.45, 2.75) is 26.2 Å². The van der Waals surface area contributed by atoms with Crippen molar-refractivity contribution in [3.8, 4) is 0 Å². The molecule has 1 saturated carbocycles. The van der Waals surface area contributed by atoms with Gasteiger partial charge in [0.25, 0.3) is 0 Å². The molecule has 0 radical (unpaired) electrons. The highest BCUT2D eigenvalue weighted by Crippen LogP contribution is 2.42. The summed E-state index contributed by atoms with van der Waals surface area (Å²) >= 11 is 1.23. The second kappa shape index (κ2) is 3.82. The highest BCUT2D eigenvalue weighted by molar-refractivity contribution is 7.15. The van der Waals surface area contributed by atoms with E-state index in [1.807, 2.05) is 0 Å². The Hall–Kier alpha value is -1.50. The van der Waals surface area contributed by atoms with Crippen LogP contribution in [-0.4, -0.2) is 27.2 Å². The fourth-order valence-corrected chi connectivity index (χ4v) is 2.22. The lowest BCUT2D eigenvalue weighted by atomic mass is 9.68. The molecule has 86 valence electrons. The van der Waals surface area contributed by atoms with Crippen LogP contribution >= 0.6 is 11.3 Å². The molecule has 16 heavy (non-hydrogen) atoms. The summed E-state index contributed by atoms with van der Waals surface area (Å²) in [6.07, 6.45) is 1.56. The molecule has 1 heterocycles. The monoisotopic (exact) mass is 241 g/mol. The molecule has 1 aliphatic carbocycles. The smallest absolute Gasteiger partial charge is 0.319 e. The molecule has 2 N–H and O–H groups in total. The fraction of sp³-hybridized carbons (Fsp3) is 0.556. The Kier molecular flexibility index (Phi) is 2.63. The average Bonchev–Trinajstić information content (AvgIpc) is 2.47. The van der Waals surface area contributed by atoms with Gasteiger partial charge in [0.15, 0.2) is 0 Å². The first-order valence-corrected chi connectivity index (χ1v) is 5.71. The Bertz CT molecular complexity index is 439. The minimum absolute atomic E-state index is 0.357. The normalized spacial score (nSPS) is 17.6. The molecule has 1 aliphatic rings. The number of hydrogen-bond donors (Lipinski definition) is 2. The summed E-state index contributed by atoms with van der Waals surface area (Å²) < 4.78 is 0. The Morgan fingerprint density at radius 2 is 2.12 bits per heavy atom. The molecule has 1 amide bonds. The SMILES string of the molecule is Cc1nnc(NC(=O)C2(C(=O)O)CCC2)s1. The summed E-state index contributed by atoms with van der Waals surface area (Å²) in [5, 5.41) is 20.1. The molecule has 0 unspecified atom stereocenters. The Morgan fingerprint density at radius 1 is 1.44 bits per heavy atom. The van der Waals surface area contributed by atoms with Gasteiger partial charge in [-0.15, -0.1) is 10.2 Å². The number of amides is 1. The van der Waals surface area contributed by atoms with Crippen molar-refractivity contribution in [2.75, 3.05) is 5.32 Å². The van der Waals surface area contributed by atoms with Crippen LogP contribution in [-0.2, 0) is 9.59 Å². The van der Waals surface area contributed by atoms with E-state index in [0.29, 0.717) is 18.0 Å². The molecular weight excluding hydrogens is 230 g/mol. The topological polar surface area (TPSA) is 92.2 Å². The van der Waals surface area contributed by atoms with E-state index in [-0.39, 0.29) is 0 Å². The molecule has 0 atom stereocenters. The lowest BCUT2D eigenvalue weighted by Gasteiger charge is -2.35. The number of anilines is 1. The molecule has 6 nitrogen and oxygen atoms in total. The Morgan fingerprint density at radius 3 is 2.50 bits per heavy atom. The number of aromatic nitrogens is 2. The first-order chi connectivity index (χ1) is 7.54. The van der Waals surface area contributed by atoms with Crippen LogP contribution < -0.4 is 5.32 Å². The molecule has 0 saturated heterocycles. The molecule has 0 bridgehead atoms. The second-order valence-corrected chi connectivity index (χ2v) is 5.00. The van der Waals surface area contributed by atoms with E-state index in [1.165, 1.54) is 11.3 Å². The van der Waals surface area contributed by atoms with Crippen molar-refractivity contribution in [2.24, 2.45) is 5.41 Å². The molecule has 1 fully saturated rings. The van der Waals surface area contributed by atoms with Gasteiger partial charge in [0.05, 0.1) is 0 Å². The third-order valence-electron chi connectivity index (χ3n) is 2.80. The first-order valence-electron chi connectivity index (χ1n) is 4.89. The number of rotatable bonds is 3. The minimum Gasteiger partial charge on any atom is -0.480 e. The Labute approximate surface area is 95.7 Å². The third-order valence-corrected chi connectivity index (χ3v) is 3.55. The van der Waals surface area contributed by atoms with Gasteiger partial charge in [-0.05, 0) is 19.8 Å². The summed E-state index contributed by atoms with van der Waals surface area (Å²) in [7, 11) is 0. The van der Waals surface area contributed by atoms with Crippen molar-refractivity contribution in [3.05, 3.63) is 5.01 Å². The van der Waals surface area contributed by atoms with Crippen molar-refractivity contribution in [1.29, 1.82) is 0 Å². The van der Waals surface area contributed by atoms with Crippen LogP contribution in [0, 0.1) is 12.3 Å². The van der Waals surface area contributed by atoms with Crippen LogP contribution in [0.3, 0.4) is 0 Å². The third kappa shape index (κ3) is 1.67. The maximum atomic E-state index is 11.8. The van der Waals surface area contributed by atoms with Crippen molar-refractivity contribution >= 4 is 28.3 Å². The summed E-state index contributed by atoms with van der Waals surface area (Å²) in [4.78, 5) is 22.9. The molecule has 0 aromatic carbocycles. The molecule has 7 heteroatoms. The van der Waals surface area contributed by atoms with Crippen LogP contribution in [0.4, 0.5) is 5.13 Å².